The van der Waals surface area contributed by atoms with Crippen LogP contribution in [-0.4, -0.2) is 11.8 Å². The molecule has 0 saturated heterocycles. The summed E-state index contributed by atoms with van der Waals surface area (Å²) in [4.78, 5) is 22.9. The molecule has 0 unspecified atom stereocenters. The SMILES string of the molecule is NC(=O)C1C2C[C@H]3CC1C[C@H](C2)C3C(N)=O. The number of primary amides is 2. The van der Waals surface area contributed by atoms with Gasteiger partial charge in [-0.2, -0.15) is 0 Å². The molecule has 4 heteroatoms. The minimum atomic E-state index is -0.135. The number of carbonyl (C=O) groups excluding carboxylic acids is 2. The molecule has 0 radical (unpaired) electrons. The molecule has 0 spiro atoms. The van der Waals surface area contributed by atoms with Gasteiger partial charge in [-0.15, -0.1) is 0 Å². The van der Waals surface area contributed by atoms with Gasteiger partial charge in [0, 0.05) is 11.8 Å². The standard InChI is InChI=1S/C12H18N2O2/c13-11(15)9-5-1-6-3-8(9)4-7(2-5)10(6)12(14)16/h5-10H,1-4H2,(H2,13,15)(H2,14,16)/t5-,6?,7?,8-,9?,10?. The van der Waals surface area contributed by atoms with E-state index >= 15 is 0 Å². The number of rotatable bonds is 2. The average Bonchev–Trinajstić information content (AvgIpc) is 2.14. The lowest BCUT2D eigenvalue weighted by atomic mass is 9.48. The van der Waals surface area contributed by atoms with Crippen molar-refractivity contribution in [2.24, 2.45) is 47.0 Å². The second-order valence-corrected chi connectivity index (χ2v) is 5.84. The lowest BCUT2D eigenvalue weighted by molar-refractivity contribution is -0.148. The lowest BCUT2D eigenvalue weighted by Gasteiger charge is -2.56. The summed E-state index contributed by atoms with van der Waals surface area (Å²) in [6, 6.07) is 0. The zero-order valence-corrected chi connectivity index (χ0v) is 9.26. The molecule has 4 fully saturated rings. The predicted octanol–water partition coefficient (Wildman–Crippen LogP) is 0.255. The molecular weight excluding hydrogens is 204 g/mol. The van der Waals surface area contributed by atoms with Crippen molar-refractivity contribution in [1.82, 2.24) is 0 Å². The van der Waals surface area contributed by atoms with E-state index in [1.165, 1.54) is 0 Å². The van der Waals surface area contributed by atoms with Crippen LogP contribution in [0, 0.1) is 35.5 Å². The third-order valence-electron chi connectivity index (χ3n) is 5.11. The second-order valence-electron chi connectivity index (χ2n) is 5.84. The van der Waals surface area contributed by atoms with Crippen molar-refractivity contribution >= 4 is 11.8 Å². The Morgan fingerprint density at radius 3 is 1.12 bits per heavy atom. The van der Waals surface area contributed by atoms with Crippen LogP contribution in [0.1, 0.15) is 25.7 Å². The molecule has 0 aliphatic heterocycles. The third kappa shape index (κ3) is 1.22. The Kier molecular flexibility index (Phi) is 2.03. The van der Waals surface area contributed by atoms with Gasteiger partial charge in [0.25, 0.3) is 0 Å². The summed E-state index contributed by atoms with van der Waals surface area (Å²) in [7, 11) is 0. The maximum Gasteiger partial charge on any atom is 0.221 e. The van der Waals surface area contributed by atoms with E-state index in [4.69, 9.17) is 11.5 Å². The Morgan fingerprint density at radius 2 is 0.938 bits per heavy atom. The number of amides is 2. The fraction of sp³-hybridized carbons (Fsp3) is 0.833. The highest BCUT2D eigenvalue weighted by molar-refractivity contribution is 5.80. The third-order valence-corrected chi connectivity index (χ3v) is 5.11. The van der Waals surface area contributed by atoms with Crippen LogP contribution in [0.2, 0.25) is 0 Å². The van der Waals surface area contributed by atoms with Crippen LogP contribution in [-0.2, 0) is 9.59 Å². The molecule has 2 amide bonds. The van der Waals surface area contributed by atoms with Gasteiger partial charge in [0.15, 0.2) is 0 Å². The molecule has 0 atom stereocenters. The second kappa shape index (κ2) is 3.22. The van der Waals surface area contributed by atoms with Gasteiger partial charge >= 0.3 is 0 Å². The van der Waals surface area contributed by atoms with Crippen molar-refractivity contribution < 1.29 is 9.59 Å². The zero-order valence-electron chi connectivity index (χ0n) is 9.26. The fourth-order valence-corrected chi connectivity index (χ4v) is 4.81. The first-order valence-corrected chi connectivity index (χ1v) is 6.16. The van der Waals surface area contributed by atoms with Crippen LogP contribution in [0.5, 0.6) is 0 Å². The Morgan fingerprint density at radius 1 is 0.688 bits per heavy atom. The normalized spacial score (nSPS) is 49.2. The highest BCUT2D eigenvalue weighted by Gasteiger charge is 2.55. The van der Waals surface area contributed by atoms with E-state index in [1.54, 1.807) is 0 Å². The molecule has 4 bridgehead atoms. The molecule has 4 saturated carbocycles. The van der Waals surface area contributed by atoms with E-state index in [0.29, 0.717) is 23.7 Å². The smallest absolute Gasteiger partial charge is 0.221 e. The quantitative estimate of drug-likeness (QED) is 0.702. The van der Waals surface area contributed by atoms with Gasteiger partial charge in [-0.05, 0) is 49.4 Å². The number of hydrogen-bond donors (Lipinski definition) is 2. The first-order valence-electron chi connectivity index (χ1n) is 6.16. The monoisotopic (exact) mass is 222 g/mol. The molecule has 4 aliphatic rings. The Balaban J connectivity index is 1.87. The molecule has 0 heterocycles. The topological polar surface area (TPSA) is 86.2 Å². The van der Waals surface area contributed by atoms with E-state index in [9.17, 15) is 9.59 Å². The van der Waals surface area contributed by atoms with Gasteiger partial charge in [0.1, 0.15) is 0 Å². The molecular formula is C12H18N2O2. The maximum absolute atomic E-state index is 11.4. The van der Waals surface area contributed by atoms with Gasteiger partial charge in [-0.1, -0.05) is 0 Å². The van der Waals surface area contributed by atoms with Crippen molar-refractivity contribution in [3.8, 4) is 0 Å². The molecule has 0 aromatic heterocycles. The van der Waals surface area contributed by atoms with Gasteiger partial charge in [-0.3, -0.25) is 9.59 Å². The van der Waals surface area contributed by atoms with Crippen LogP contribution in [0.3, 0.4) is 0 Å². The Hall–Kier alpha value is -1.06. The highest BCUT2D eigenvalue weighted by Crippen LogP contribution is 2.58. The number of hydrogen-bond acceptors (Lipinski definition) is 2. The molecule has 4 rings (SSSR count). The van der Waals surface area contributed by atoms with Crippen molar-refractivity contribution in [1.29, 1.82) is 0 Å². The summed E-state index contributed by atoms with van der Waals surface area (Å²) in [5.74, 6) is 1.58. The van der Waals surface area contributed by atoms with Gasteiger partial charge < -0.3 is 11.5 Å². The first kappa shape index (κ1) is 10.1. The fourth-order valence-electron chi connectivity index (χ4n) is 4.81. The predicted molar refractivity (Wildman–Crippen MR) is 57.8 cm³/mol. The van der Waals surface area contributed by atoms with Gasteiger partial charge in [0.05, 0.1) is 0 Å². The molecule has 4 nitrogen and oxygen atoms in total. The van der Waals surface area contributed by atoms with Crippen LogP contribution in [0.15, 0.2) is 0 Å². The zero-order chi connectivity index (χ0) is 11.4. The molecule has 4 aliphatic carbocycles. The van der Waals surface area contributed by atoms with Crippen LogP contribution in [0.25, 0.3) is 0 Å². The minimum Gasteiger partial charge on any atom is -0.369 e. The largest absolute Gasteiger partial charge is 0.369 e. The van der Waals surface area contributed by atoms with Crippen molar-refractivity contribution in [2.75, 3.05) is 0 Å². The van der Waals surface area contributed by atoms with E-state index in [1.807, 2.05) is 0 Å². The van der Waals surface area contributed by atoms with E-state index in [2.05, 4.69) is 0 Å². The number of nitrogens with two attached hydrogens (primary N) is 2. The summed E-state index contributed by atoms with van der Waals surface area (Å²) in [6.45, 7) is 0. The van der Waals surface area contributed by atoms with Crippen LogP contribution < -0.4 is 11.5 Å². The molecule has 0 aromatic rings. The first-order chi connectivity index (χ1) is 7.58. The summed E-state index contributed by atoms with van der Waals surface area (Å²) in [5, 5.41) is 0. The Bertz CT molecular complexity index is 293. The summed E-state index contributed by atoms with van der Waals surface area (Å²) < 4.78 is 0. The summed E-state index contributed by atoms with van der Waals surface area (Å²) >= 11 is 0. The minimum absolute atomic E-state index is 0.0707. The molecule has 4 N–H and O–H groups in total. The lowest BCUT2D eigenvalue weighted by Crippen LogP contribution is -2.56. The highest BCUT2D eigenvalue weighted by atomic mass is 16.1. The molecule has 16 heavy (non-hydrogen) atoms. The van der Waals surface area contributed by atoms with Crippen molar-refractivity contribution in [2.45, 2.75) is 25.7 Å². The summed E-state index contributed by atoms with van der Waals surface area (Å²) in [5.41, 5.74) is 11.0. The van der Waals surface area contributed by atoms with Crippen LogP contribution >= 0.6 is 0 Å². The maximum atomic E-state index is 11.4. The average molecular weight is 222 g/mol. The molecule has 0 aromatic carbocycles. The Labute approximate surface area is 94.7 Å². The van der Waals surface area contributed by atoms with E-state index in [-0.39, 0.29) is 23.7 Å². The van der Waals surface area contributed by atoms with Crippen molar-refractivity contribution in [3.05, 3.63) is 0 Å². The van der Waals surface area contributed by atoms with Gasteiger partial charge in [0.2, 0.25) is 11.8 Å². The van der Waals surface area contributed by atoms with Gasteiger partial charge in [-0.25, -0.2) is 0 Å². The van der Waals surface area contributed by atoms with E-state index < -0.39 is 0 Å². The van der Waals surface area contributed by atoms with E-state index in [0.717, 1.165) is 25.7 Å². The summed E-state index contributed by atoms with van der Waals surface area (Å²) in [6.07, 6.45) is 3.92. The number of carbonyl (C=O) groups is 2. The van der Waals surface area contributed by atoms with Crippen LogP contribution in [0.4, 0.5) is 0 Å². The molecule has 88 valence electrons. The van der Waals surface area contributed by atoms with Crippen molar-refractivity contribution in [3.63, 3.8) is 0 Å².